The molecule has 102 valence electrons. The second-order valence-corrected chi connectivity index (χ2v) is 3.90. The lowest BCUT2D eigenvalue weighted by atomic mass is 10.1. The molecule has 1 amide bonds. The first-order chi connectivity index (χ1) is 9.56. The first kappa shape index (κ1) is 13.5. The van der Waals surface area contributed by atoms with Gasteiger partial charge in [-0.05, 0) is 19.1 Å². The van der Waals surface area contributed by atoms with Gasteiger partial charge in [0.05, 0.1) is 5.69 Å². The number of amides is 1. The SMILES string of the molecule is Cc1cc(NC(=O)c2ncccc2/C=C/C(=O)O)on1. The van der Waals surface area contributed by atoms with E-state index >= 15 is 0 Å². The van der Waals surface area contributed by atoms with Gasteiger partial charge in [0.25, 0.3) is 5.91 Å². The molecule has 0 saturated heterocycles. The molecule has 7 heteroatoms. The summed E-state index contributed by atoms with van der Waals surface area (Å²) in [6, 6.07) is 4.76. The average Bonchev–Trinajstić information content (AvgIpc) is 2.82. The van der Waals surface area contributed by atoms with Gasteiger partial charge in [-0.2, -0.15) is 0 Å². The lowest BCUT2D eigenvalue weighted by Crippen LogP contribution is -2.14. The molecule has 0 fully saturated rings. The Labute approximate surface area is 113 Å². The van der Waals surface area contributed by atoms with Crippen LogP contribution in [0.3, 0.4) is 0 Å². The van der Waals surface area contributed by atoms with Crippen LogP contribution in [-0.4, -0.2) is 27.1 Å². The zero-order valence-electron chi connectivity index (χ0n) is 10.5. The Morgan fingerprint density at radius 3 is 2.90 bits per heavy atom. The predicted octanol–water partition coefficient (Wildman–Crippen LogP) is 1.73. The highest BCUT2D eigenvalue weighted by molar-refractivity contribution is 6.04. The van der Waals surface area contributed by atoms with Crippen molar-refractivity contribution in [3.8, 4) is 0 Å². The molecule has 0 bridgehead atoms. The van der Waals surface area contributed by atoms with Crippen molar-refractivity contribution in [1.29, 1.82) is 0 Å². The van der Waals surface area contributed by atoms with E-state index in [0.29, 0.717) is 11.3 Å². The first-order valence-electron chi connectivity index (χ1n) is 5.67. The molecular formula is C13H11N3O4. The third-order valence-electron chi connectivity index (χ3n) is 2.32. The summed E-state index contributed by atoms with van der Waals surface area (Å²) >= 11 is 0. The number of aryl methyl sites for hydroxylation is 1. The molecule has 2 rings (SSSR count). The average molecular weight is 273 g/mol. The van der Waals surface area contributed by atoms with Gasteiger partial charge in [0.15, 0.2) is 0 Å². The Balaban J connectivity index is 2.23. The summed E-state index contributed by atoms with van der Waals surface area (Å²) < 4.78 is 4.87. The number of anilines is 1. The number of aromatic nitrogens is 2. The number of pyridine rings is 1. The van der Waals surface area contributed by atoms with Gasteiger partial charge in [-0.15, -0.1) is 0 Å². The van der Waals surface area contributed by atoms with E-state index in [1.54, 1.807) is 25.1 Å². The highest BCUT2D eigenvalue weighted by atomic mass is 16.5. The van der Waals surface area contributed by atoms with Crippen LogP contribution >= 0.6 is 0 Å². The number of aliphatic carboxylic acids is 1. The van der Waals surface area contributed by atoms with Crippen LogP contribution in [0.1, 0.15) is 21.7 Å². The molecule has 0 aliphatic carbocycles. The largest absolute Gasteiger partial charge is 0.478 e. The van der Waals surface area contributed by atoms with Crippen LogP contribution in [0.5, 0.6) is 0 Å². The number of carboxylic acids is 1. The molecule has 0 aliphatic rings. The topological polar surface area (TPSA) is 105 Å². The molecule has 0 unspecified atom stereocenters. The minimum atomic E-state index is -1.11. The van der Waals surface area contributed by atoms with E-state index in [-0.39, 0.29) is 11.6 Å². The summed E-state index contributed by atoms with van der Waals surface area (Å²) in [6.45, 7) is 1.72. The summed E-state index contributed by atoms with van der Waals surface area (Å²) in [5.41, 5.74) is 1.12. The van der Waals surface area contributed by atoms with Crippen molar-refractivity contribution < 1.29 is 19.2 Å². The van der Waals surface area contributed by atoms with E-state index in [9.17, 15) is 9.59 Å². The van der Waals surface area contributed by atoms with E-state index in [1.807, 2.05) is 0 Å². The number of hydrogen-bond donors (Lipinski definition) is 2. The zero-order chi connectivity index (χ0) is 14.5. The molecular weight excluding hydrogens is 262 g/mol. The van der Waals surface area contributed by atoms with Crippen molar-refractivity contribution in [3.63, 3.8) is 0 Å². The van der Waals surface area contributed by atoms with E-state index in [2.05, 4.69) is 15.5 Å². The van der Waals surface area contributed by atoms with Crippen LogP contribution in [-0.2, 0) is 4.79 Å². The molecule has 0 aromatic carbocycles. The molecule has 2 aromatic rings. The minimum absolute atomic E-state index is 0.0963. The van der Waals surface area contributed by atoms with Gasteiger partial charge in [0.2, 0.25) is 5.88 Å². The number of rotatable bonds is 4. The van der Waals surface area contributed by atoms with Gasteiger partial charge in [0, 0.05) is 23.9 Å². The standard InChI is InChI=1S/C13H11N3O4/c1-8-7-10(20-16-8)15-13(19)12-9(3-2-6-14-12)4-5-11(17)18/h2-7H,1H3,(H,15,19)(H,17,18)/b5-4+. The van der Waals surface area contributed by atoms with Gasteiger partial charge >= 0.3 is 5.97 Å². The maximum Gasteiger partial charge on any atom is 0.328 e. The number of nitrogens with zero attached hydrogens (tertiary/aromatic N) is 2. The smallest absolute Gasteiger partial charge is 0.328 e. The van der Waals surface area contributed by atoms with Crippen molar-refractivity contribution in [2.45, 2.75) is 6.92 Å². The number of nitrogens with one attached hydrogen (secondary N) is 1. The van der Waals surface area contributed by atoms with E-state index in [0.717, 1.165) is 6.08 Å². The molecule has 2 N–H and O–H groups in total. The molecule has 2 heterocycles. The summed E-state index contributed by atoms with van der Waals surface area (Å²) in [4.78, 5) is 26.5. The molecule has 0 spiro atoms. The van der Waals surface area contributed by atoms with Gasteiger partial charge in [-0.25, -0.2) is 4.79 Å². The third kappa shape index (κ3) is 3.29. The fourth-order valence-electron chi connectivity index (χ4n) is 1.50. The van der Waals surface area contributed by atoms with Crippen molar-refractivity contribution in [3.05, 3.63) is 47.4 Å². The Morgan fingerprint density at radius 1 is 1.45 bits per heavy atom. The fourth-order valence-corrected chi connectivity index (χ4v) is 1.50. The number of carboxylic acid groups (broad SMARTS) is 1. The zero-order valence-corrected chi connectivity index (χ0v) is 10.5. The third-order valence-corrected chi connectivity index (χ3v) is 2.32. The lowest BCUT2D eigenvalue weighted by molar-refractivity contribution is -0.131. The summed E-state index contributed by atoms with van der Waals surface area (Å²) in [7, 11) is 0. The highest BCUT2D eigenvalue weighted by Crippen LogP contribution is 2.13. The van der Waals surface area contributed by atoms with E-state index < -0.39 is 11.9 Å². The molecule has 0 aliphatic heterocycles. The molecule has 7 nitrogen and oxygen atoms in total. The van der Waals surface area contributed by atoms with Crippen LogP contribution < -0.4 is 5.32 Å². The van der Waals surface area contributed by atoms with E-state index in [1.165, 1.54) is 12.3 Å². The molecule has 20 heavy (non-hydrogen) atoms. The van der Waals surface area contributed by atoms with Crippen LogP contribution in [0.2, 0.25) is 0 Å². The Hall–Kier alpha value is -2.96. The van der Waals surface area contributed by atoms with Crippen molar-refractivity contribution in [2.24, 2.45) is 0 Å². The monoisotopic (exact) mass is 273 g/mol. The maximum absolute atomic E-state index is 12.0. The van der Waals surface area contributed by atoms with Crippen LogP contribution in [0.25, 0.3) is 6.08 Å². The van der Waals surface area contributed by atoms with Crippen LogP contribution in [0, 0.1) is 6.92 Å². The Morgan fingerprint density at radius 2 is 2.25 bits per heavy atom. The Bertz CT molecular complexity index is 676. The van der Waals surface area contributed by atoms with Gasteiger partial charge < -0.3 is 9.63 Å². The molecule has 0 saturated carbocycles. The second-order valence-electron chi connectivity index (χ2n) is 3.90. The summed E-state index contributed by atoms with van der Waals surface area (Å²) in [5, 5.41) is 14.7. The number of hydrogen-bond acceptors (Lipinski definition) is 5. The van der Waals surface area contributed by atoms with Gasteiger partial charge in [-0.3, -0.25) is 15.1 Å². The van der Waals surface area contributed by atoms with Gasteiger partial charge in [0.1, 0.15) is 5.69 Å². The molecule has 0 atom stereocenters. The maximum atomic E-state index is 12.0. The summed E-state index contributed by atoms with van der Waals surface area (Å²) in [6.07, 6.45) is 3.68. The molecule has 0 radical (unpaired) electrons. The number of carbonyl (C=O) groups is 2. The highest BCUT2D eigenvalue weighted by Gasteiger charge is 2.13. The minimum Gasteiger partial charge on any atom is -0.478 e. The van der Waals surface area contributed by atoms with Crippen molar-refractivity contribution in [1.82, 2.24) is 10.1 Å². The lowest BCUT2D eigenvalue weighted by Gasteiger charge is -2.03. The van der Waals surface area contributed by atoms with Crippen LogP contribution in [0.4, 0.5) is 5.88 Å². The van der Waals surface area contributed by atoms with Gasteiger partial charge in [-0.1, -0.05) is 11.2 Å². The van der Waals surface area contributed by atoms with E-state index in [4.69, 9.17) is 9.63 Å². The Kier molecular flexibility index (Phi) is 3.90. The predicted molar refractivity (Wildman–Crippen MR) is 70.1 cm³/mol. The quantitative estimate of drug-likeness (QED) is 0.822. The number of carbonyl (C=O) groups excluding carboxylic acids is 1. The van der Waals surface area contributed by atoms with Crippen LogP contribution in [0.15, 0.2) is 35.0 Å². The summed E-state index contributed by atoms with van der Waals surface area (Å²) in [5.74, 6) is -1.41. The van der Waals surface area contributed by atoms with Crippen molar-refractivity contribution in [2.75, 3.05) is 5.32 Å². The molecule has 2 aromatic heterocycles. The fraction of sp³-hybridized carbons (Fsp3) is 0.0769. The second kappa shape index (κ2) is 5.79. The van der Waals surface area contributed by atoms with Crippen molar-refractivity contribution >= 4 is 23.8 Å². The normalized spacial score (nSPS) is 10.7. The first-order valence-corrected chi connectivity index (χ1v) is 5.67.